The molecule has 11 heteroatoms. The summed E-state index contributed by atoms with van der Waals surface area (Å²) in [4.78, 5) is 18.5. The van der Waals surface area contributed by atoms with Crippen LogP contribution < -0.4 is 4.72 Å². The van der Waals surface area contributed by atoms with Crippen LogP contribution in [0.4, 0.5) is 0 Å². The summed E-state index contributed by atoms with van der Waals surface area (Å²) in [6.45, 7) is 2.81. The maximum Gasteiger partial charge on any atom is 0.243 e. The molecule has 1 N–H and O–H groups in total. The Balaban J connectivity index is 1.40. The molecule has 158 valence electrons. The summed E-state index contributed by atoms with van der Waals surface area (Å²) in [5, 5.41) is 4.53. The van der Waals surface area contributed by atoms with Crippen LogP contribution in [-0.4, -0.2) is 46.9 Å². The molecule has 0 fully saturated rings. The van der Waals surface area contributed by atoms with Crippen molar-refractivity contribution in [3.63, 3.8) is 0 Å². The molecular weight excluding hydrogens is 449 g/mol. The summed E-state index contributed by atoms with van der Waals surface area (Å²) in [5.74, 6) is -0.148. The number of hydrogen-bond donors (Lipinski definition) is 1. The van der Waals surface area contributed by atoms with Crippen molar-refractivity contribution in [3.8, 4) is 0 Å². The maximum atomic E-state index is 12.6. The smallest absolute Gasteiger partial charge is 0.243 e. The predicted octanol–water partition coefficient (Wildman–Crippen LogP) is 2.60. The summed E-state index contributed by atoms with van der Waals surface area (Å²) >= 11 is 12.0. The lowest BCUT2D eigenvalue weighted by molar-refractivity contribution is -0.132. The molecule has 0 saturated carbocycles. The van der Waals surface area contributed by atoms with E-state index in [1.807, 2.05) is 17.5 Å². The number of aryl methyl sites for hydroxylation is 1. The fourth-order valence-corrected chi connectivity index (χ4v) is 5.70. The summed E-state index contributed by atoms with van der Waals surface area (Å²) < 4.78 is 29.2. The van der Waals surface area contributed by atoms with E-state index in [4.69, 9.17) is 23.2 Å². The van der Waals surface area contributed by atoms with Gasteiger partial charge in [0.2, 0.25) is 15.9 Å². The van der Waals surface area contributed by atoms with Crippen molar-refractivity contribution in [2.45, 2.75) is 31.2 Å². The van der Waals surface area contributed by atoms with Crippen LogP contribution in [0.15, 0.2) is 35.4 Å². The highest BCUT2D eigenvalue weighted by Gasteiger charge is 2.25. The number of fused-ring (bicyclic) bond motifs is 3. The molecule has 3 aromatic rings. The van der Waals surface area contributed by atoms with Gasteiger partial charge < -0.3 is 4.90 Å². The molecule has 0 unspecified atom stereocenters. The number of amides is 1. The van der Waals surface area contributed by atoms with Gasteiger partial charge in [-0.25, -0.2) is 22.6 Å². The Hall–Kier alpha value is -2.20. The van der Waals surface area contributed by atoms with Crippen molar-refractivity contribution in [1.29, 1.82) is 0 Å². The van der Waals surface area contributed by atoms with Gasteiger partial charge in [-0.15, -0.1) is 0 Å². The standard InChI is InChI=1S/C19H19Cl2N5O3S/c1-12-9-17-22-10-13-11-25(8-6-16(13)26(17)24-12)18(27)5-7-23-30(28,29)19-14(20)3-2-4-15(19)21/h2-4,9-10,23H,5-8,11H2,1H3. The molecule has 1 aromatic carbocycles. The van der Waals surface area contributed by atoms with Crippen LogP contribution in [0.3, 0.4) is 0 Å². The zero-order valence-electron chi connectivity index (χ0n) is 16.1. The number of carbonyl (C=O) groups excluding carboxylic acids is 1. The number of benzene rings is 1. The molecule has 2 aromatic heterocycles. The van der Waals surface area contributed by atoms with E-state index in [-0.39, 0.29) is 33.8 Å². The Morgan fingerprint density at radius 1 is 1.27 bits per heavy atom. The average Bonchev–Trinajstić information content (AvgIpc) is 3.07. The molecular formula is C19H19Cl2N5O3S. The first kappa shape index (κ1) is 21.0. The topological polar surface area (TPSA) is 96.7 Å². The van der Waals surface area contributed by atoms with Crippen LogP contribution >= 0.6 is 23.2 Å². The number of sulfonamides is 1. The number of rotatable bonds is 5. The first-order valence-electron chi connectivity index (χ1n) is 9.31. The highest BCUT2D eigenvalue weighted by atomic mass is 35.5. The molecule has 0 atom stereocenters. The molecule has 4 rings (SSSR count). The molecule has 8 nitrogen and oxygen atoms in total. The molecule has 30 heavy (non-hydrogen) atoms. The van der Waals surface area contributed by atoms with Gasteiger partial charge in [-0.3, -0.25) is 4.79 Å². The van der Waals surface area contributed by atoms with Gasteiger partial charge in [0.1, 0.15) is 4.90 Å². The number of halogens is 2. The van der Waals surface area contributed by atoms with Crippen molar-refractivity contribution in [2.75, 3.05) is 13.1 Å². The van der Waals surface area contributed by atoms with E-state index in [0.717, 1.165) is 22.6 Å². The minimum Gasteiger partial charge on any atom is -0.338 e. The molecule has 0 spiro atoms. The number of aromatic nitrogens is 3. The monoisotopic (exact) mass is 467 g/mol. The van der Waals surface area contributed by atoms with Crippen LogP contribution in [0.25, 0.3) is 5.65 Å². The largest absolute Gasteiger partial charge is 0.338 e. The summed E-state index contributed by atoms with van der Waals surface area (Å²) in [7, 11) is -3.92. The molecule has 3 heterocycles. The van der Waals surface area contributed by atoms with Gasteiger partial charge in [-0.05, 0) is 19.1 Å². The third kappa shape index (κ3) is 4.02. The van der Waals surface area contributed by atoms with Crippen LogP contribution in [0.2, 0.25) is 10.0 Å². The zero-order valence-corrected chi connectivity index (χ0v) is 18.4. The molecule has 0 radical (unpaired) electrons. The Kier molecular flexibility index (Phi) is 5.71. The van der Waals surface area contributed by atoms with Crippen LogP contribution in [0.1, 0.15) is 23.4 Å². The Bertz CT molecular complexity index is 1220. The van der Waals surface area contributed by atoms with Crippen molar-refractivity contribution in [3.05, 3.63) is 57.5 Å². The van der Waals surface area contributed by atoms with E-state index in [2.05, 4.69) is 14.8 Å². The third-order valence-electron chi connectivity index (χ3n) is 4.94. The number of nitrogens with zero attached hydrogens (tertiary/aromatic N) is 4. The van der Waals surface area contributed by atoms with Crippen LogP contribution in [0.5, 0.6) is 0 Å². The first-order valence-corrected chi connectivity index (χ1v) is 11.5. The average molecular weight is 468 g/mol. The van der Waals surface area contributed by atoms with E-state index in [1.165, 1.54) is 12.1 Å². The summed E-state index contributed by atoms with van der Waals surface area (Å²) in [5.41, 5.74) is 3.67. The lowest BCUT2D eigenvalue weighted by Gasteiger charge is -2.28. The summed E-state index contributed by atoms with van der Waals surface area (Å²) in [6, 6.07) is 6.37. The Labute approximate surface area is 183 Å². The highest BCUT2D eigenvalue weighted by Crippen LogP contribution is 2.28. The normalized spacial score (nSPS) is 14.2. The first-order chi connectivity index (χ1) is 14.3. The lowest BCUT2D eigenvalue weighted by Crippen LogP contribution is -2.38. The number of nitrogens with one attached hydrogen (secondary N) is 1. The molecule has 0 aliphatic carbocycles. The van der Waals surface area contributed by atoms with E-state index in [0.29, 0.717) is 19.5 Å². The predicted molar refractivity (Wildman–Crippen MR) is 113 cm³/mol. The number of carbonyl (C=O) groups is 1. The number of hydrogen-bond acceptors (Lipinski definition) is 5. The van der Waals surface area contributed by atoms with Crippen LogP contribution in [0, 0.1) is 6.92 Å². The fraction of sp³-hybridized carbons (Fsp3) is 0.316. The van der Waals surface area contributed by atoms with Crippen molar-refractivity contribution in [1.82, 2.24) is 24.2 Å². The SMILES string of the molecule is Cc1cc2ncc3c(n2n1)CCN(C(=O)CCNS(=O)(=O)c1c(Cl)cccc1Cl)C3. The molecule has 0 saturated heterocycles. The minimum atomic E-state index is -3.92. The quantitative estimate of drug-likeness (QED) is 0.621. The Morgan fingerprint density at radius 3 is 2.73 bits per heavy atom. The van der Waals surface area contributed by atoms with E-state index < -0.39 is 10.0 Å². The van der Waals surface area contributed by atoms with Crippen molar-refractivity contribution in [2.24, 2.45) is 0 Å². The second-order valence-electron chi connectivity index (χ2n) is 7.05. The van der Waals surface area contributed by atoms with E-state index in [1.54, 1.807) is 17.2 Å². The van der Waals surface area contributed by atoms with Gasteiger partial charge >= 0.3 is 0 Å². The van der Waals surface area contributed by atoms with Gasteiger partial charge in [0.05, 0.1) is 21.4 Å². The van der Waals surface area contributed by atoms with E-state index in [9.17, 15) is 13.2 Å². The second-order valence-corrected chi connectivity index (χ2v) is 9.57. The molecule has 0 bridgehead atoms. The molecule has 1 amide bonds. The van der Waals surface area contributed by atoms with Gasteiger partial charge in [-0.2, -0.15) is 5.10 Å². The highest BCUT2D eigenvalue weighted by molar-refractivity contribution is 7.89. The van der Waals surface area contributed by atoms with Crippen molar-refractivity contribution < 1.29 is 13.2 Å². The fourth-order valence-electron chi connectivity index (χ4n) is 3.53. The third-order valence-corrected chi connectivity index (χ3v) is 7.36. The lowest BCUT2D eigenvalue weighted by atomic mass is 10.1. The molecule has 1 aliphatic rings. The van der Waals surface area contributed by atoms with Gasteiger partial charge in [-0.1, -0.05) is 29.3 Å². The van der Waals surface area contributed by atoms with Gasteiger partial charge in [0.25, 0.3) is 0 Å². The van der Waals surface area contributed by atoms with Gasteiger partial charge in [0.15, 0.2) is 5.65 Å². The second kappa shape index (κ2) is 8.14. The van der Waals surface area contributed by atoms with Gasteiger partial charge in [0, 0.05) is 50.3 Å². The Morgan fingerprint density at radius 2 is 2.00 bits per heavy atom. The van der Waals surface area contributed by atoms with Crippen molar-refractivity contribution >= 4 is 44.8 Å². The van der Waals surface area contributed by atoms with E-state index >= 15 is 0 Å². The zero-order chi connectivity index (χ0) is 21.5. The minimum absolute atomic E-state index is 0.0210. The molecule has 1 aliphatic heterocycles. The maximum absolute atomic E-state index is 12.6. The summed E-state index contributed by atoms with van der Waals surface area (Å²) in [6.07, 6.45) is 2.45. The van der Waals surface area contributed by atoms with Crippen LogP contribution in [-0.2, 0) is 27.8 Å².